The van der Waals surface area contributed by atoms with Crippen molar-refractivity contribution in [3.8, 4) is 22.3 Å². The second kappa shape index (κ2) is 14.9. The maximum Gasteiger partial charge on any atom is -0.147 e. The number of allylic oxidation sites excluding steroid dienone is 2. The molecule has 0 nitrogen and oxygen atoms in total. The minimum Gasteiger partial charge on any atom is -0.147 e. The molecule has 0 aromatic heterocycles. The van der Waals surface area contributed by atoms with Crippen molar-refractivity contribution in [1.29, 1.82) is 0 Å². The molecule has 1 heterocycles. The molecule has 1 saturated heterocycles. The molecule has 4 aromatic carbocycles. The molecule has 4 aliphatic carbocycles. The van der Waals surface area contributed by atoms with Crippen molar-refractivity contribution in [2.45, 2.75) is 107 Å². The van der Waals surface area contributed by atoms with Gasteiger partial charge in [-0.1, -0.05) is 0 Å². The maximum atomic E-state index is 2.78. The third-order valence-corrected chi connectivity index (χ3v) is 32.4. The molecule has 0 N–H and O–H groups in total. The van der Waals surface area contributed by atoms with Gasteiger partial charge in [-0.2, -0.15) is 0 Å². The van der Waals surface area contributed by atoms with E-state index in [2.05, 4.69) is 125 Å². The number of hydrogen-bond acceptors (Lipinski definition) is 0. The molecule has 4 aromatic rings. The van der Waals surface area contributed by atoms with E-state index in [4.69, 9.17) is 0 Å². The van der Waals surface area contributed by atoms with Crippen LogP contribution in [0.2, 0.25) is 8.35 Å². The predicted molar refractivity (Wildman–Crippen MR) is 221 cm³/mol. The van der Waals surface area contributed by atoms with Crippen LogP contribution in [0.1, 0.15) is 132 Å². The summed E-state index contributed by atoms with van der Waals surface area (Å²) < 4.78 is 4.62. The number of benzene rings is 4. The van der Waals surface area contributed by atoms with Gasteiger partial charge in [-0.25, -0.2) is 0 Å². The van der Waals surface area contributed by atoms with Crippen molar-refractivity contribution >= 4 is 37.0 Å². The Morgan fingerprint density at radius 2 is 0.863 bits per heavy atom. The Hall–Kier alpha value is -2.19. The second-order valence-electron chi connectivity index (χ2n) is 17.0. The minimum atomic E-state index is -3.02. The van der Waals surface area contributed by atoms with Gasteiger partial charge in [-0.05, 0) is 0 Å². The molecule has 2 atom stereocenters. The molecular formula is C48H56Cl2Hf. The van der Waals surface area contributed by atoms with Crippen LogP contribution < -0.4 is 0 Å². The van der Waals surface area contributed by atoms with E-state index in [0.29, 0.717) is 11.8 Å². The van der Waals surface area contributed by atoms with Gasteiger partial charge in [0, 0.05) is 0 Å². The maximum absolute atomic E-state index is 3.02. The quantitative estimate of drug-likeness (QED) is 0.155. The van der Waals surface area contributed by atoms with Crippen molar-refractivity contribution in [2.75, 3.05) is 0 Å². The van der Waals surface area contributed by atoms with Gasteiger partial charge >= 0.3 is 302 Å². The van der Waals surface area contributed by atoms with E-state index in [-0.39, 0.29) is 24.8 Å². The van der Waals surface area contributed by atoms with Crippen molar-refractivity contribution < 1.29 is 20.0 Å². The first-order valence-electron chi connectivity index (χ1n) is 19.8. The number of fused-ring (bicyclic) bond motifs is 2. The Morgan fingerprint density at radius 3 is 1.20 bits per heavy atom. The van der Waals surface area contributed by atoms with E-state index in [9.17, 15) is 0 Å². The van der Waals surface area contributed by atoms with Crippen LogP contribution in [-0.2, 0) is 20.0 Å². The van der Waals surface area contributed by atoms with Crippen molar-refractivity contribution in [3.05, 3.63) is 129 Å². The fourth-order valence-corrected chi connectivity index (χ4v) is 39.0. The number of halogens is 2. The summed E-state index contributed by atoms with van der Waals surface area (Å²) >= 11 is -3.02. The summed E-state index contributed by atoms with van der Waals surface area (Å²) in [6.45, 7) is 9.22. The molecule has 0 spiro atoms. The summed E-state index contributed by atoms with van der Waals surface area (Å²) in [5.74, 6) is 2.71. The molecule has 3 heteroatoms. The molecule has 9 rings (SSSR count). The predicted octanol–water partition coefficient (Wildman–Crippen LogP) is 15.1. The Bertz CT molecular complexity index is 1790. The summed E-state index contributed by atoms with van der Waals surface area (Å²) in [5.41, 5.74) is 19.0. The molecule has 1 aliphatic heterocycles. The van der Waals surface area contributed by atoms with Crippen LogP contribution in [0, 0.1) is 11.8 Å². The van der Waals surface area contributed by atoms with Crippen LogP contribution in [0.5, 0.6) is 0 Å². The van der Waals surface area contributed by atoms with Gasteiger partial charge in [0.25, 0.3) is 0 Å². The monoisotopic (exact) mass is 882 g/mol. The minimum absolute atomic E-state index is 0. The Kier molecular flexibility index (Phi) is 10.9. The first-order chi connectivity index (χ1) is 23.9. The van der Waals surface area contributed by atoms with E-state index >= 15 is 0 Å². The van der Waals surface area contributed by atoms with Gasteiger partial charge in [0.2, 0.25) is 0 Å². The zero-order valence-electron chi connectivity index (χ0n) is 31.1. The molecule has 0 radical (unpaired) electrons. The van der Waals surface area contributed by atoms with Gasteiger partial charge in [-0.3, -0.25) is 0 Å². The smallest absolute Gasteiger partial charge is 0.147 e. The van der Waals surface area contributed by atoms with Crippen molar-refractivity contribution in [2.24, 2.45) is 11.8 Å². The van der Waals surface area contributed by atoms with E-state index < -0.39 is 20.0 Å². The van der Waals surface area contributed by atoms with E-state index in [1.807, 2.05) is 11.1 Å². The molecule has 0 bridgehead atoms. The molecule has 5 aliphatic rings. The van der Waals surface area contributed by atoms with E-state index in [1.54, 1.807) is 30.6 Å². The molecule has 2 unspecified atom stereocenters. The first-order valence-corrected chi connectivity index (χ1v) is 29.1. The SMILES string of the molecule is CC(C)c1ccc(-c2cccc3c2C=C(C2CCCC2)[CH]3[Hf]2([CH]3C(C4CCCC4)=Cc4c(-c5ccc(C(C)C)cc5)cccc43)[CH2][CH2]2)cc1.Cl.Cl. The van der Waals surface area contributed by atoms with Crippen LogP contribution >= 0.6 is 24.8 Å². The zero-order valence-corrected chi connectivity index (χ0v) is 36.3. The number of rotatable bonds is 8. The van der Waals surface area contributed by atoms with Crippen molar-refractivity contribution in [3.63, 3.8) is 0 Å². The normalized spacial score (nSPS) is 22.0. The molecular weight excluding hydrogens is 826 g/mol. The Morgan fingerprint density at radius 1 is 0.490 bits per heavy atom. The third-order valence-electron chi connectivity index (χ3n) is 13.6. The molecule has 51 heavy (non-hydrogen) atoms. The summed E-state index contributed by atoms with van der Waals surface area (Å²) in [6.07, 6.45) is 16.8. The molecule has 3 fully saturated rings. The van der Waals surface area contributed by atoms with Gasteiger partial charge in [0.05, 0.1) is 0 Å². The van der Waals surface area contributed by atoms with E-state index in [1.165, 1.54) is 84.7 Å². The summed E-state index contributed by atoms with van der Waals surface area (Å²) in [6, 6.07) is 34.0. The second-order valence-corrected chi connectivity index (χ2v) is 33.6. The van der Waals surface area contributed by atoms with Crippen molar-refractivity contribution in [1.82, 2.24) is 0 Å². The molecule has 266 valence electrons. The average molecular weight is 882 g/mol. The third kappa shape index (κ3) is 6.44. The van der Waals surface area contributed by atoms with Crippen LogP contribution in [-0.4, -0.2) is 0 Å². The summed E-state index contributed by atoms with van der Waals surface area (Å²) in [7, 11) is 0. The summed E-state index contributed by atoms with van der Waals surface area (Å²) in [5, 5.41) is 0. The van der Waals surface area contributed by atoms with Gasteiger partial charge in [-0.15, -0.1) is 24.8 Å². The Labute approximate surface area is 324 Å². The van der Waals surface area contributed by atoms with Gasteiger partial charge in [0.1, 0.15) is 0 Å². The fourth-order valence-electron chi connectivity index (χ4n) is 10.8. The largest absolute Gasteiger partial charge is 0.147 e. The average Bonchev–Trinajstić information content (AvgIpc) is 3.65. The van der Waals surface area contributed by atoms with Crippen LogP contribution in [0.15, 0.2) is 96.1 Å². The molecule has 2 saturated carbocycles. The molecule has 0 amide bonds. The first kappa shape index (κ1) is 37.1. The van der Waals surface area contributed by atoms with Crippen LogP contribution in [0.4, 0.5) is 0 Å². The van der Waals surface area contributed by atoms with Crippen LogP contribution in [0.25, 0.3) is 34.4 Å². The van der Waals surface area contributed by atoms with Crippen LogP contribution in [0.3, 0.4) is 0 Å². The topological polar surface area (TPSA) is 0 Å². The standard InChI is InChI=1S/2C23H25.C2H4.2ClH.Hf/c2*1-16(2)17-10-12-19(13-11-17)22-9-5-8-20-14-21(15-23(20)22)18-6-3-4-7-18;1-2;;;/h2*5,8-16,18H,3-4,6-7H2,1-2H3;1-2H2;2*1H;. The number of hydrogen-bond donors (Lipinski definition) is 0. The van der Waals surface area contributed by atoms with E-state index in [0.717, 1.165) is 19.2 Å². The van der Waals surface area contributed by atoms with Gasteiger partial charge < -0.3 is 0 Å². The fraction of sp³-hybridized carbons (Fsp3) is 0.417. The zero-order chi connectivity index (χ0) is 33.3. The Balaban J connectivity index is 0.00000203. The summed E-state index contributed by atoms with van der Waals surface area (Å²) in [4.78, 5) is 0. The van der Waals surface area contributed by atoms with Gasteiger partial charge in [0.15, 0.2) is 0 Å².